The van der Waals surface area contributed by atoms with Crippen LogP contribution in [0.2, 0.25) is 0 Å². The first-order valence-corrected chi connectivity index (χ1v) is 4.94. The molecular formula is C10H14N4O. The van der Waals surface area contributed by atoms with Gasteiger partial charge < -0.3 is 5.32 Å². The molecule has 5 heteroatoms. The van der Waals surface area contributed by atoms with E-state index in [2.05, 4.69) is 10.4 Å². The third kappa shape index (κ3) is 2.81. The van der Waals surface area contributed by atoms with Gasteiger partial charge in [0.1, 0.15) is 5.92 Å². The number of amides is 1. The van der Waals surface area contributed by atoms with Gasteiger partial charge in [0, 0.05) is 12.7 Å². The third-order valence-electron chi connectivity index (χ3n) is 2.11. The van der Waals surface area contributed by atoms with Crippen LogP contribution in [0.1, 0.15) is 20.3 Å². The van der Waals surface area contributed by atoms with Crippen molar-refractivity contribution in [3.8, 4) is 6.07 Å². The number of nitrogens with one attached hydrogen (secondary N) is 1. The summed E-state index contributed by atoms with van der Waals surface area (Å²) in [4.78, 5) is 11.5. The number of hydrogen-bond acceptors (Lipinski definition) is 3. The predicted molar refractivity (Wildman–Crippen MR) is 55.9 cm³/mol. The number of nitrogens with zero attached hydrogens (tertiary/aromatic N) is 3. The molecule has 0 fully saturated rings. The monoisotopic (exact) mass is 206 g/mol. The van der Waals surface area contributed by atoms with Crippen LogP contribution in [0.5, 0.6) is 0 Å². The zero-order valence-electron chi connectivity index (χ0n) is 8.90. The second-order valence-corrected chi connectivity index (χ2v) is 3.16. The van der Waals surface area contributed by atoms with Gasteiger partial charge in [-0.05, 0) is 13.3 Å². The number of nitriles is 1. The summed E-state index contributed by atoms with van der Waals surface area (Å²) in [6.07, 6.45) is 3.83. The summed E-state index contributed by atoms with van der Waals surface area (Å²) in [6, 6.07) is 1.95. The second-order valence-electron chi connectivity index (χ2n) is 3.16. The van der Waals surface area contributed by atoms with Crippen molar-refractivity contribution >= 4 is 11.6 Å². The van der Waals surface area contributed by atoms with E-state index in [4.69, 9.17) is 5.26 Å². The fourth-order valence-electron chi connectivity index (χ4n) is 1.17. The number of carbonyl (C=O) groups excluding carboxylic acids is 1. The van der Waals surface area contributed by atoms with Gasteiger partial charge in [0.25, 0.3) is 0 Å². The molecule has 1 N–H and O–H groups in total. The van der Waals surface area contributed by atoms with Crippen molar-refractivity contribution in [2.24, 2.45) is 5.92 Å². The fraction of sp³-hybridized carbons (Fsp3) is 0.500. The number of hydrogen-bond donors (Lipinski definition) is 1. The summed E-state index contributed by atoms with van der Waals surface area (Å²) < 4.78 is 1.71. The lowest BCUT2D eigenvalue weighted by Crippen LogP contribution is -2.20. The first-order valence-electron chi connectivity index (χ1n) is 4.94. The molecule has 0 aliphatic rings. The minimum atomic E-state index is -0.588. The molecule has 1 unspecified atom stereocenters. The van der Waals surface area contributed by atoms with Crippen LogP contribution in [0.25, 0.3) is 0 Å². The van der Waals surface area contributed by atoms with Crippen molar-refractivity contribution in [1.29, 1.82) is 5.26 Å². The van der Waals surface area contributed by atoms with E-state index < -0.39 is 5.92 Å². The molecular weight excluding hydrogens is 192 g/mol. The van der Waals surface area contributed by atoms with Crippen molar-refractivity contribution in [2.45, 2.75) is 26.8 Å². The van der Waals surface area contributed by atoms with Gasteiger partial charge in [0.2, 0.25) is 5.91 Å². The van der Waals surface area contributed by atoms with E-state index in [0.717, 1.165) is 6.54 Å². The quantitative estimate of drug-likeness (QED) is 0.809. The zero-order chi connectivity index (χ0) is 11.3. The molecule has 80 valence electrons. The zero-order valence-corrected chi connectivity index (χ0v) is 8.90. The van der Waals surface area contributed by atoms with Crippen molar-refractivity contribution in [3.05, 3.63) is 12.4 Å². The third-order valence-corrected chi connectivity index (χ3v) is 2.11. The van der Waals surface area contributed by atoms with Crippen LogP contribution < -0.4 is 5.32 Å². The van der Waals surface area contributed by atoms with Gasteiger partial charge in [-0.15, -0.1) is 0 Å². The highest BCUT2D eigenvalue weighted by molar-refractivity contribution is 5.93. The molecule has 0 bridgehead atoms. The maximum Gasteiger partial charge on any atom is 0.241 e. The van der Waals surface area contributed by atoms with E-state index in [9.17, 15) is 4.79 Å². The van der Waals surface area contributed by atoms with E-state index in [1.807, 2.05) is 19.9 Å². The number of carbonyl (C=O) groups is 1. The lowest BCUT2D eigenvalue weighted by molar-refractivity contribution is -0.118. The molecule has 1 aromatic heterocycles. The number of anilines is 1. The first-order chi connectivity index (χ1) is 7.21. The molecule has 0 aliphatic carbocycles. The number of rotatable bonds is 4. The molecule has 1 rings (SSSR count). The SMILES string of the molecule is CCC(C#N)C(=O)Nc1cnn(CC)c1. The molecule has 0 aromatic carbocycles. The molecule has 0 saturated carbocycles. The Morgan fingerprint density at radius 3 is 2.93 bits per heavy atom. The van der Waals surface area contributed by atoms with Crippen LogP contribution in [0, 0.1) is 17.2 Å². The van der Waals surface area contributed by atoms with Crippen LogP contribution in [-0.4, -0.2) is 15.7 Å². The molecule has 5 nitrogen and oxygen atoms in total. The molecule has 0 saturated heterocycles. The average Bonchev–Trinajstić information content (AvgIpc) is 2.67. The van der Waals surface area contributed by atoms with Gasteiger partial charge in [-0.2, -0.15) is 10.4 Å². The summed E-state index contributed by atoms with van der Waals surface area (Å²) in [6.45, 7) is 4.52. The Morgan fingerprint density at radius 1 is 1.73 bits per heavy atom. The Hall–Kier alpha value is -1.83. The number of aromatic nitrogens is 2. The normalized spacial score (nSPS) is 11.8. The lowest BCUT2D eigenvalue weighted by atomic mass is 10.1. The molecule has 1 aromatic rings. The summed E-state index contributed by atoms with van der Waals surface area (Å²) >= 11 is 0. The average molecular weight is 206 g/mol. The summed E-state index contributed by atoms with van der Waals surface area (Å²) in [5, 5.41) is 15.4. The molecule has 0 spiro atoms. The summed E-state index contributed by atoms with van der Waals surface area (Å²) in [7, 11) is 0. The minimum Gasteiger partial charge on any atom is -0.322 e. The van der Waals surface area contributed by atoms with Crippen LogP contribution in [0.15, 0.2) is 12.4 Å². The second kappa shape index (κ2) is 5.15. The van der Waals surface area contributed by atoms with Crippen molar-refractivity contribution < 1.29 is 4.79 Å². The Labute approximate surface area is 88.7 Å². The van der Waals surface area contributed by atoms with E-state index in [-0.39, 0.29) is 5.91 Å². The molecule has 1 amide bonds. The minimum absolute atomic E-state index is 0.268. The topological polar surface area (TPSA) is 70.7 Å². The van der Waals surface area contributed by atoms with Crippen molar-refractivity contribution in [2.75, 3.05) is 5.32 Å². The Kier molecular flexibility index (Phi) is 3.86. The Balaban J connectivity index is 2.62. The van der Waals surface area contributed by atoms with Crippen LogP contribution in [-0.2, 0) is 11.3 Å². The van der Waals surface area contributed by atoms with Gasteiger partial charge in [-0.3, -0.25) is 9.48 Å². The molecule has 1 atom stereocenters. The molecule has 15 heavy (non-hydrogen) atoms. The van der Waals surface area contributed by atoms with Crippen LogP contribution in [0.3, 0.4) is 0 Å². The largest absolute Gasteiger partial charge is 0.322 e. The molecule has 0 radical (unpaired) electrons. The van der Waals surface area contributed by atoms with Gasteiger partial charge in [-0.25, -0.2) is 0 Å². The maximum atomic E-state index is 11.5. The van der Waals surface area contributed by atoms with Gasteiger partial charge in [-0.1, -0.05) is 6.92 Å². The Bertz CT molecular complexity index is 377. The van der Waals surface area contributed by atoms with Crippen LogP contribution in [0.4, 0.5) is 5.69 Å². The smallest absolute Gasteiger partial charge is 0.241 e. The lowest BCUT2D eigenvalue weighted by Gasteiger charge is -2.05. The highest BCUT2D eigenvalue weighted by atomic mass is 16.1. The van der Waals surface area contributed by atoms with Gasteiger partial charge in [0.15, 0.2) is 0 Å². The van der Waals surface area contributed by atoms with Crippen molar-refractivity contribution in [3.63, 3.8) is 0 Å². The van der Waals surface area contributed by atoms with Gasteiger partial charge in [0.05, 0.1) is 18.0 Å². The molecule has 0 aliphatic heterocycles. The van der Waals surface area contributed by atoms with E-state index in [1.165, 1.54) is 0 Å². The highest BCUT2D eigenvalue weighted by Gasteiger charge is 2.15. The highest BCUT2D eigenvalue weighted by Crippen LogP contribution is 2.09. The Morgan fingerprint density at radius 2 is 2.47 bits per heavy atom. The van der Waals surface area contributed by atoms with E-state index in [0.29, 0.717) is 12.1 Å². The van der Waals surface area contributed by atoms with Crippen molar-refractivity contribution in [1.82, 2.24) is 9.78 Å². The number of aryl methyl sites for hydroxylation is 1. The first kappa shape index (κ1) is 11.2. The van der Waals surface area contributed by atoms with E-state index >= 15 is 0 Å². The van der Waals surface area contributed by atoms with Crippen LogP contribution >= 0.6 is 0 Å². The van der Waals surface area contributed by atoms with E-state index in [1.54, 1.807) is 17.1 Å². The fourth-order valence-corrected chi connectivity index (χ4v) is 1.17. The van der Waals surface area contributed by atoms with Gasteiger partial charge >= 0.3 is 0 Å². The standard InChI is InChI=1S/C10H14N4O/c1-3-8(5-11)10(15)13-9-6-12-14(4-2)7-9/h6-8H,3-4H2,1-2H3,(H,13,15). The maximum absolute atomic E-state index is 11.5. The summed E-state index contributed by atoms with van der Waals surface area (Å²) in [5.74, 6) is -0.856. The molecule has 1 heterocycles. The predicted octanol–water partition coefficient (Wildman–Crippen LogP) is 1.39. The summed E-state index contributed by atoms with van der Waals surface area (Å²) in [5.41, 5.74) is 0.635.